The van der Waals surface area contributed by atoms with E-state index in [9.17, 15) is 19.2 Å². The lowest BCUT2D eigenvalue weighted by Crippen LogP contribution is -2.57. The molecule has 132 valence electrons. The number of aliphatic carboxylic acids is 1. The summed E-state index contributed by atoms with van der Waals surface area (Å²) in [6, 6.07) is -3.62. The van der Waals surface area contributed by atoms with Crippen LogP contribution in [0.25, 0.3) is 0 Å². The molecule has 0 saturated heterocycles. The van der Waals surface area contributed by atoms with Crippen LogP contribution in [0.3, 0.4) is 0 Å². The van der Waals surface area contributed by atoms with Crippen LogP contribution in [0.2, 0.25) is 0 Å². The molecule has 0 bridgehead atoms. The Labute approximate surface area is 135 Å². The Bertz CT molecular complexity index is 464. The fourth-order valence-electron chi connectivity index (χ4n) is 1.59. The van der Waals surface area contributed by atoms with Crippen molar-refractivity contribution >= 4 is 23.7 Å². The fraction of sp³-hybridized carbons (Fsp3) is 0.714. The summed E-state index contributed by atoms with van der Waals surface area (Å²) >= 11 is 0. The monoisotopic (exact) mass is 330 g/mol. The predicted octanol–water partition coefficient (Wildman–Crippen LogP) is -1.43. The van der Waals surface area contributed by atoms with E-state index in [0.29, 0.717) is 0 Å². The first-order valence-electron chi connectivity index (χ1n) is 7.36. The van der Waals surface area contributed by atoms with Gasteiger partial charge < -0.3 is 26.8 Å². The lowest BCUT2D eigenvalue weighted by molar-refractivity contribution is -0.141. The summed E-state index contributed by atoms with van der Waals surface area (Å²) < 4.78 is 0. The van der Waals surface area contributed by atoms with Gasteiger partial charge in [0.2, 0.25) is 17.7 Å². The summed E-state index contributed by atoms with van der Waals surface area (Å²) in [5.74, 6) is -3.05. The van der Waals surface area contributed by atoms with E-state index in [4.69, 9.17) is 10.8 Å². The van der Waals surface area contributed by atoms with Crippen molar-refractivity contribution in [3.8, 4) is 0 Å². The van der Waals surface area contributed by atoms with Crippen LogP contribution in [0.4, 0.5) is 0 Å². The molecule has 0 aromatic carbocycles. The molecular formula is C14H26N4O5. The van der Waals surface area contributed by atoms with Gasteiger partial charge in [0.05, 0.1) is 6.04 Å². The molecule has 0 aliphatic heterocycles. The summed E-state index contributed by atoms with van der Waals surface area (Å²) in [4.78, 5) is 46.4. The van der Waals surface area contributed by atoms with Crippen molar-refractivity contribution in [1.82, 2.24) is 16.0 Å². The molecule has 0 saturated carbocycles. The van der Waals surface area contributed by atoms with Gasteiger partial charge in [0.15, 0.2) is 0 Å². The zero-order valence-electron chi connectivity index (χ0n) is 14.0. The number of hydrogen-bond donors (Lipinski definition) is 5. The molecule has 0 aromatic heterocycles. The molecule has 23 heavy (non-hydrogen) atoms. The lowest BCUT2D eigenvalue weighted by atomic mass is 10.0. The van der Waals surface area contributed by atoms with Gasteiger partial charge in [0.25, 0.3) is 0 Å². The van der Waals surface area contributed by atoms with E-state index >= 15 is 0 Å². The van der Waals surface area contributed by atoms with Crippen LogP contribution < -0.4 is 21.7 Å². The molecule has 3 amide bonds. The van der Waals surface area contributed by atoms with E-state index in [2.05, 4.69) is 16.0 Å². The van der Waals surface area contributed by atoms with Crippen LogP contribution in [0.15, 0.2) is 0 Å². The smallest absolute Gasteiger partial charge is 0.325 e. The standard InChI is InChI=1S/C14H26N4O5/c1-6(2)10(18-11(19)7(3)15)13(21)16-8(4)12(20)17-9(5)14(22)23/h6-10H,15H2,1-5H3,(H,16,21)(H,17,20)(H,18,19)(H,22,23). The third-order valence-electron chi connectivity index (χ3n) is 3.14. The van der Waals surface area contributed by atoms with Crippen LogP contribution in [0, 0.1) is 5.92 Å². The first-order chi connectivity index (χ1) is 10.5. The number of carboxylic acids is 1. The van der Waals surface area contributed by atoms with Crippen molar-refractivity contribution in [3.63, 3.8) is 0 Å². The number of carboxylic acid groups (broad SMARTS) is 1. The Morgan fingerprint density at radius 3 is 1.65 bits per heavy atom. The maximum atomic E-state index is 12.2. The molecule has 0 aromatic rings. The van der Waals surface area contributed by atoms with Gasteiger partial charge in [-0.3, -0.25) is 19.2 Å². The number of nitrogens with one attached hydrogen (secondary N) is 3. The van der Waals surface area contributed by atoms with Crippen LogP contribution in [-0.4, -0.2) is 53.0 Å². The molecule has 0 spiro atoms. The van der Waals surface area contributed by atoms with Gasteiger partial charge in [-0.25, -0.2) is 0 Å². The molecule has 9 heteroatoms. The van der Waals surface area contributed by atoms with E-state index in [-0.39, 0.29) is 5.92 Å². The highest BCUT2D eigenvalue weighted by molar-refractivity contribution is 5.93. The minimum atomic E-state index is -1.18. The van der Waals surface area contributed by atoms with Crippen molar-refractivity contribution in [1.29, 1.82) is 0 Å². The molecule has 0 fully saturated rings. The van der Waals surface area contributed by atoms with E-state index in [1.807, 2.05) is 0 Å². The molecule has 0 rings (SSSR count). The molecule has 0 heterocycles. The van der Waals surface area contributed by atoms with Crippen molar-refractivity contribution in [2.75, 3.05) is 0 Å². The quantitative estimate of drug-likeness (QED) is 0.368. The maximum Gasteiger partial charge on any atom is 0.325 e. The third-order valence-corrected chi connectivity index (χ3v) is 3.14. The SMILES string of the molecule is CC(N)C(=O)NC(C(=O)NC(C)C(=O)NC(C)C(=O)O)C(C)C. The van der Waals surface area contributed by atoms with Crippen molar-refractivity contribution in [2.45, 2.75) is 58.8 Å². The summed E-state index contributed by atoms with van der Waals surface area (Å²) in [6.45, 7) is 7.71. The zero-order valence-corrected chi connectivity index (χ0v) is 14.0. The average molecular weight is 330 g/mol. The number of rotatable bonds is 8. The number of carbonyl (C=O) groups excluding carboxylic acids is 3. The Hall–Kier alpha value is -2.16. The summed E-state index contributed by atoms with van der Waals surface area (Å²) in [6.07, 6.45) is 0. The Balaban J connectivity index is 4.76. The van der Waals surface area contributed by atoms with Crippen LogP contribution in [0.1, 0.15) is 34.6 Å². The molecule has 4 atom stereocenters. The minimum absolute atomic E-state index is 0.217. The molecule has 9 nitrogen and oxygen atoms in total. The third kappa shape index (κ3) is 7.09. The van der Waals surface area contributed by atoms with Gasteiger partial charge >= 0.3 is 5.97 Å². The van der Waals surface area contributed by atoms with Gasteiger partial charge in [0.1, 0.15) is 18.1 Å². The van der Waals surface area contributed by atoms with E-state index < -0.39 is 47.9 Å². The Kier molecular flexibility index (Phi) is 8.23. The molecule has 0 aliphatic rings. The number of nitrogens with two attached hydrogens (primary N) is 1. The van der Waals surface area contributed by atoms with Gasteiger partial charge in [0, 0.05) is 0 Å². The highest BCUT2D eigenvalue weighted by Crippen LogP contribution is 2.03. The second-order valence-electron chi connectivity index (χ2n) is 5.82. The highest BCUT2D eigenvalue weighted by atomic mass is 16.4. The maximum absolute atomic E-state index is 12.2. The molecule has 0 radical (unpaired) electrons. The van der Waals surface area contributed by atoms with Crippen LogP contribution in [0.5, 0.6) is 0 Å². The lowest BCUT2D eigenvalue weighted by Gasteiger charge is -2.24. The summed E-state index contributed by atoms with van der Waals surface area (Å²) in [5.41, 5.74) is 5.45. The second-order valence-corrected chi connectivity index (χ2v) is 5.82. The highest BCUT2D eigenvalue weighted by Gasteiger charge is 2.28. The number of amides is 3. The first kappa shape index (κ1) is 20.8. The molecule has 0 aliphatic carbocycles. The fourth-order valence-corrected chi connectivity index (χ4v) is 1.59. The van der Waals surface area contributed by atoms with E-state index in [1.54, 1.807) is 13.8 Å². The molecule has 4 unspecified atom stereocenters. The summed E-state index contributed by atoms with van der Waals surface area (Å²) in [5, 5.41) is 16.0. The van der Waals surface area contributed by atoms with Gasteiger partial charge in [-0.15, -0.1) is 0 Å². The van der Waals surface area contributed by atoms with Crippen LogP contribution in [-0.2, 0) is 19.2 Å². The second kappa shape index (κ2) is 9.09. The minimum Gasteiger partial charge on any atom is -0.480 e. The number of hydrogen-bond acceptors (Lipinski definition) is 5. The average Bonchev–Trinajstić information content (AvgIpc) is 2.43. The first-order valence-corrected chi connectivity index (χ1v) is 7.36. The predicted molar refractivity (Wildman–Crippen MR) is 83.3 cm³/mol. The largest absolute Gasteiger partial charge is 0.480 e. The Morgan fingerprint density at radius 1 is 0.783 bits per heavy atom. The van der Waals surface area contributed by atoms with Gasteiger partial charge in [-0.05, 0) is 26.7 Å². The molecular weight excluding hydrogens is 304 g/mol. The van der Waals surface area contributed by atoms with Crippen molar-refractivity contribution < 1.29 is 24.3 Å². The van der Waals surface area contributed by atoms with E-state index in [1.165, 1.54) is 20.8 Å². The summed E-state index contributed by atoms with van der Waals surface area (Å²) in [7, 11) is 0. The van der Waals surface area contributed by atoms with Gasteiger partial charge in [-0.2, -0.15) is 0 Å². The van der Waals surface area contributed by atoms with Crippen molar-refractivity contribution in [2.24, 2.45) is 11.7 Å². The van der Waals surface area contributed by atoms with Crippen molar-refractivity contribution in [3.05, 3.63) is 0 Å². The van der Waals surface area contributed by atoms with Crippen LogP contribution >= 0.6 is 0 Å². The van der Waals surface area contributed by atoms with E-state index in [0.717, 1.165) is 0 Å². The number of carbonyl (C=O) groups is 4. The zero-order chi connectivity index (χ0) is 18.3. The Morgan fingerprint density at radius 2 is 1.26 bits per heavy atom. The normalized spacial score (nSPS) is 16.0. The van der Waals surface area contributed by atoms with Gasteiger partial charge in [-0.1, -0.05) is 13.8 Å². The topological polar surface area (TPSA) is 151 Å². The molecule has 6 N–H and O–H groups in total.